The van der Waals surface area contributed by atoms with Crippen LogP contribution < -0.4 is 0 Å². The van der Waals surface area contributed by atoms with Crippen LogP contribution in [0.15, 0.2) is 0 Å². The van der Waals surface area contributed by atoms with E-state index in [1.807, 2.05) is 6.92 Å². The molecule has 0 saturated heterocycles. The zero-order chi connectivity index (χ0) is 13.9. The van der Waals surface area contributed by atoms with Gasteiger partial charge < -0.3 is 14.2 Å². The normalized spacial score (nSPS) is 10.9. The van der Waals surface area contributed by atoms with Crippen LogP contribution in [0, 0.1) is 11.3 Å². The van der Waals surface area contributed by atoms with Crippen molar-refractivity contribution in [3.8, 4) is 6.07 Å². The highest BCUT2D eigenvalue weighted by Gasteiger charge is 2.17. The summed E-state index contributed by atoms with van der Waals surface area (Å²) in [5.74, 6) is -2.34. The van der Waals surface area contributed by atoms with E-state index in [9.17, 15) is 13.2 Å². The number of carbonyl (C=O) groups excluding carboxylic acids is 1. The first-order chi connectivity index (χ1) is 8.52. The first kappa shape index (κ1) is 16.8. The molecular weight excluding hydrogens is 262 g/mol. The molecule has 0 aliphatic rings. The molecule has 0 saturated carbocycles. The van der Waals surface area contributed by atoms with E-state index in [1.165, 1.54) is 6.07 Å². The summed E-state index contributed by atoms with van der Waals surface area (Å²) in [7, 11) is -3.68. The summed E-state index contributed by atoms with van der Waals surface area (Å²) in [5.41, 5.74) is 0. The van der Waals surface area contributed by atoms with Crippen molar-refractivity contribution in [2.24, 2.45) is 0 Å². The molecule has 0 bridgehead atoms. The summed E-state index contributed by atoms with van der Waals surface area (Å²) in [6, 6.07) is 1.47. The maximum absolute atomic E-state index is 11.1. The van der Waals surface area contributed by atoms with Crippen LogP contribution in [0.4, 0.5) is 0 Å². The second-order valence-corrected chi connectivity index (χ2v) is 5.28. The average Bonchev–Trinajstić information content (AvgIpc) is 2.27. The highest BCUT2D eigenvalue weighted by atomic mass is 32.2. The molecule has 0 rings (SSSR count). The zero-order valence-corrected chi connectivity index (χ0v) is 11.1. The van der Waals surface area contributed by atoms with Gasteiger partial charge in [0, 0.05) is 6.61 Å². The molecule has 0 heterocycles. The van der Waals surface area contributed by atoms with E-state index < -0.39 is 27.3 Å². The van der Waals surface area contributed by atoms with Gasteiger partial charge in [0.25, 0.3) is 0 Å². The second kappa shape index (κ2) is 9.82. The number of carbonyl (C=O) groups is 1. The molecule has 0 fully saturated rings. The van der Waals surface area contributed by atoms with E-state index in [0.29, 0.717) is 19.8 Å². The predicted octanol–water partition coefficient (Wildman–Crippen LogP) is -0.479. The fourth-order valence-electron chi connectivity index (χ4n) is 0.949. The number of ether oxygens (including phenoxy) is 3. The minimum absolute atomic E-state index is 0.0208. The molecule has 8 heteroatoms. The Bertz CT molecular complexity index is 372. The Balaban J connectivity index is 3.58. The van der Waals surface area contributed by atoms with Crippen molar-refractivity contribution in [3.63, 3.8) is 0 Å². The van der Waals surface area contributed by atoms with Crippen LogP contribution in [0.3, 0.4) is 0 Å². The van der Waals surface area contributed by atoms with Gasteiger partial charge in [-0.25, -0.2) is 8.42 Å². The van der Waals surface area contributed by atoms with Crippen molar-refractivity contribution in [1.29, 1.82) is 5.26 Å². The van der Waals surface area contributed by atoms with E-state index in [0.717, 1.165) is 0 Å². The number of nitriles is 1. The molecule has 104 valence electrons. The lowest BCUT2D eigenvalue weighted by molar-refractivity contribution is -0.142. The Morgan fingerprint density at radius 2 is 1.78 bits per heavy atom. The smallest absolute Gasteiger partial charge is 0.321 e. The van der Waals surface area contributed by atoms with Gasteiger partial charge >= 0.3 is 5.97 Å². The van der Waals surface area contributed by atoms with Crippen LogP contribution in [0.1, 0.15) is 6.92 Å². The molecule has 0 unspecified atom stereocenters. The number of nitrogens with zero attached hydrogens (tertiary/aromatic N) is 1. The minimum atomic E-state index is -3.68. The van der Waals surface area contributed by atoms with Gasteiger partial charge in [-0.1, -0.05) is 0 Å². The Kier molecular flexibility index (Phi) is 9.18. The quantitative estimate of drug-likeness (QED) is 0.393. The number of rotatable bonds is 10. The minimum Gasteiger partial charge on any atom is -0.462 e. The molecule has 0 N–H and O–H groups in total. The Morgan fingerprint density at radius 3 is 2.39 bits per heavy atom. The lowest BCUT2D eigenvalue weighted by Gasteiger charge is -2.06. The van der Waals surface area contributed by atoms with Crippen LogP contribution in [0.5, 0.6) is 0 Å². The van der Waals surface area contributed by atoms with E-state index in [1.54, 1.807) is 0 Å². The fraction of sp³-hybridized carbons (Fsp3) is 0.800. The average molecular weight is 279 g/mol. The molecule has 0 aromatic rings. The van der Waals surface area contributed by atoms with Gasteiger partial charge in [0.1, 0.15) is 18.1 Å². The number of hydrogen-bond donors (Lipinski definition) is 0. The third kappa shape index (κ3) is 10.0. The molecule has 0 aliphatic heterocycles. The van der Waals surface area contributed by atoms with Crippen molar-refractivity contribution in [1.82, 2.24) is 0 Å². The van der Waals surface area contributed by atoms with Gasteiger partial charge in [-0.15, -0.1) is 0 Å². The Hall–Kier alpha value is -1.17. The molecule has 0 atom stereocenters. The van der Waals surface area contributed by atoms with Gasteiger partial charge in [-0.3, -0.25) is 4.79 Å². The highest BCUT2D eigenvalue weighted by molar-refractivity contribution is 7.92. The molecule has 0 spiro atoms. The molecule has 0 aliphatic carbocycles. The van der Waals surface area contributed by atoms with Crippen LogP contribution in [-0.2, 0) is 28.8 Å². The Morgan fingerprint density at radius 1 is 1.17 bits per heavy atom. The third-order valence-corrected chi connectivity index (χ3v) is 2.93. The standard InChI is InChI=1S/C10H17NO6S/c1-2-15-4-5-16-6-7-17-10(12)9-18(13,14)8-3-11/h2,4-9H2,1H3. The topological polar surface area (TPSA) is 103 Å². The first-order valence-electron chi connectivity index (χ1n) is 5.40. The number of hydrogen-bond acceptors (Lipinski definition) is 7. The van der Waals surface area contributed by atoms with E-state index in [-0.39, 0.29) is 13.2 Å². The fourth-order valence-corrected chi connectivity index (χ4v) is 1.69. The van der Waals surface area contributed by atoms with Gasteiger partial charge in [0.05, 0.1) is 25.9 Å². The van der Waals surface area contributed by atoms with E-state index in [4.69, 9.17) is 14.7 Å². The molecule has 0 aromatic heterocycles. The number of sulfone groups is 1. The maximum Gasteiger partial charge on any atom is 0.321 e. The molecule has 18 heavy (non-hydrogen) atoms. The zero-order valence-electron chi connectivity index (χ0n) is 10.3. The maximum atomic E-state index is 11.1. The lowest BCUT2D eigenvalue weighted by Crippen LogP contribution is -2.22. The highest BCUT2D eigenvalue weighted by Crippen LogP contribution is 1.92. The van der Waals surface area contributed by atoms with Crippen molar-refractivity contribution in [2.45, 2.75) is 6.92 Å². The van der Waals surface area contributed by atoms with Crippen LogP contribution in [0.25, 0.3) is 0 Å². The largest absolute Gasteiger partial charge is 0.462 e. The monoisotopic (exact) mass is 279 g/mol. The van der Waals surface area contributed by atoms with Crippen LogP contribution in [0.2, 0.25) is 0 Å². The summed E-state index contributed by atoms with van der Waals surface area (Å²) < 4.78 is 36.9. The van der Waals surface area contributed by atoms with Gasteiger partial charge in [0.15, 0.2) is 9.84 Å². The molecule has 0 radical (unpaired) electrons. The summed E-state index contributed by atoms with van der Waals surface area (Å²) in [6.07, 6.45) is 0. The summed E-state index contributed by atoms with van der Waals surface area (Å²) >= 11 is 0. The van der Waals surface area contributed by atoms with E-state index in [2.05, 4.69) is 4.74 Å². The summed E-state index contributed by atoms with van der Waals surface area (Å²) in [5, 5.41) is 8.22. The van der Waals surface area contributed by atoms with Gasteiger partial charge in [-0.05, 0) is 6.92 Å². The third-order valence-electron chi connectivity index (χ3n) is 1.69. The lowest BCUT2D eigenvalue weighted by atomic mass is 10.7. The van der Waals surface area contributed by atoms with Crippen LogP contribution >= 0.6 is 0 Å². The van der Waals surface area contributed by atoms with Gasteiger partial charge in [-0.2, -0.15) is 5.26 Å². The van der Waals surface area contributed by atoms with Crippen molar-refractivity contribution >= 4 is 15.8 Å². The van der Waals surface area contributed by atoms with Crippen molar-refractivity contribution in [3.05, 3.63) is 0 Å². The molecule has 0 aromatic carbocycles. The summed E-state index contributed by atoms with van der Waals surface area (Å²) in [6.45, 7) is 3.47. The van der Waals surface area contributed by atoms with Crippen molar-refractivity contribution < 1.29 is 27.4 Å². The second-order valence-electron chi connectivity index (χ2n) is 3.22. The van der Waals surface area contributed by atoms with Crippen molar-refractivity contribution in [2.75, 3.05) is 44.5 Å². The first-order valence-corrected chi connectivity index (χ1v) is 7.22. The predicted molar refractivity (Wildman–Crippen MR) is 62.5 cm³/mol. The van der Waals surface area contributed by atoms with Gasteiger partial charge in [0.2, 0.25) is 0 Å². The summed E-state index contributed by atoms with van der Waals surface area (Å²) in [4.78, 5) is 11.1. The van der Waals surface area contributed by atoms with Crippen LogP contribution in [-0.4, -0.2) is 58.9 Å². The molecular formula is C10H17NO6S. The SMILES string of the molecule is CCOCCOCCOC(=O)CS(=O)(=O)CC#N. The van der Waals surface area contributed by atoms with E-state index >= 15 is 0 Å². The Labute approximate surface area is 107 Å². The molecule has 7 nitrogen and oxygen atoms in total. The molecule has 0 amide bonds. The number of esters is 1.